The zero-order valence-corrected chi connectivity index (χ0v) is 10.6. The van der Waals surface area contributed by atoms with Gasteiger partial charge in [0.05, 0.1) is 15.7 Å². The monoisotopic (exact) mass is 254 g/mol. The molecule has 0 radical (unpaired) electrons. The minimum atomic E-state index is 0.329. The molecule has 84 valence electrons. The zero-order chi connectivity index (χ0) is 11.7. The van der Waals surface area contributed by atoms with Crippen LogP contribution in [0.4, 0.5) is 0 Å². The molecule has 0 saturated heterocycles. The molecule has 0 atom stereocenters. The quantitative estimate of drug-likeness (QED) is 0.775. The highest BCUT2D eigenvalue weighted by molar-refractivity contribution is 6.39. The summed E-state index contributed by atoms with van der Waals surface area (Å²) in [6.45, 7) is 4.15. The van der Waals surface area contributed by atoms with Crippen LogP contribution >= 0.6 is 23.2 Å². The Labute approximate surface area is 105 Å². The average molecular weight is 255 g/mol. The summed E-state index contributed by atoms with van der Waals surface area (Å²) in [5.41, 5.74) is 1.61. The molecular formula is C12H12Cl2N2. The minimum Gasteiger partial charge on any atom is -0.270 e. The number of nitrogens with zero attached hydrogens (tertiary/aromatic N) is 2. The largest absolute Gasteiger partial charge is 0.270 e. The number of rotatable bonds is 2. The first kappa shape index (κ1) is 11.5. The molecule has 16 heavy (non-hydrogen) atoms. The molecule has 4 heteroatoms. The highest BCUT2D eigenvalue weighted by atomic mass is 35.5. The molecule has 0 unspecified atom stereocenters. The lowest BCUT2D eigenvalue weighted by molar-refractivity contribution is 0.534. The van der Waals surface area contributed by atoms with Crippen molar-refractivity contribution >= 4 is 23.2 Å². The van der Waals surface area contributed by atoms with Gasteiger partial charge in [0.2, 0.25) is 0 Å². The van der Waals surface area contributed by atoms with Crippen molar-refractivity contribution in [1.82, 2.24) is 9.78 Å². The summed E-state index contributed by atoms with van der Waals surface area (Å²) in [6.07, 6.45) is 1.93. The second-order valence-corrected chi connectivity index (χ2v) is 4.69. The summed E-state index contributed by atoms with van der Waals surface area (Å²) in [6, 6.07) is 7.71. The van der Waals surface area contributed by atoms with Gasteiger partial charge in [0, 0.05) is 17.8 Å². The number of benzene rings is 1. The highest BCUT2D eigenvalue weighted by Gasteiger charge is 2.11. The van der Waals surface area contributed by atoms with Gasteiger partial charge in [-0.2, -0.15) is 5.10 Å². The predicted molar refractivity (Wildman–Crippen MR) is 68.1 cm³/mol. The molecule has 0 bridgehead atoms. The lowest BCUT2D eigenvalue weighted by Gasteiger charge is -2.05. The maximum atomic E-state index is 6.12. The van der Waals surface area contributed by atoms with E-state index < -0.39 is 0 Å². The summed E-state index contributed by atoms with van der Waals surface area (Å²) in [7, 11) is 0. The first-order valence-electron chi connectivity index (χ1n) is 5.09. The van der Waals surface area contributed by atoms with Crippen LogP contribution in [0.1, 0.15) is 19.9 Å². The zero-order valence-electron chi connectivity index (χ0n) is 9.11. The molecule has 0 aliphatic carbocycles. The Morgan fingerprint density at radius 1 is 1.12 bits per heavy atom. The van der Waals surface area contributed by atoms with Crippen LogP contribution in [0, 0.1) is 0 Å². The lowest BCUT2D eigenvalue weighted by atomic mass is 10.1. The van der Waals surface area contributed by atoms with Crippen LogP contribution in [-0.4, -0.2) is 9.78 Å². The maximum Gasteiger partial charge on any atom is 0.0953 e. The van der Waals surface area contributed by atoms with Gasteiger partial charge in [0.1, 0.15) is 0 Å². The third-order valence-corrected chi connectivity index (χ3v) is 2.99. The van der Waals surface area contributed by atoms with Crippen LogP contribution in [0.5, 0.6) is 0 Å². The molecule has 0 saturated carbocycles. The van der Waals surface area contributed by atoms with Crippen molar-refractivity contribution in [3.05, 3.63) is 40.5 Å². The minimum absolute atomic E-state index is 0.329. The molecule has 0 N–H and O–H groups in total. The summed E-state index contributed by atoms with van der Waals surface area (Å²) in [4.78, 5) is 0. The fourth-order valence-electron chi connectivity index (χ4n) is 1.50. The van der Waals surface area contributed by atoms with Gasteiger partial charge >= 0.3 is 0 Å². The van der Waals surface area contributed by atoms with Crippen LogP contribution in [0.25, 0.3) is 11.3 Å². The van der Waals surface area contributed by atoms with Gasteiger partial charge in [-0.1, -0.05) is 29.3 Å². The van der Waals surface area contributed by atoms with E-state index in [0.717, 1.165) is 11.3 Å². The van der Waals surface area contributed by atoms with E-state index in [4.69, 9.17) is 23.2 Å². The van der Waals surface area contributed by atoms with Crippen LogP contribution < -0.4 is 0 Å². The molecule has 0 aliphatic heterocycles. The Balaban J connectivity index is 2.50. The normalized spacial score (nSPS) is 11.1. The Morgan fingerprint density at radius 2 is 1.75 bits per heavy atom. The second-order valence-electron chi connectivity index (χ2n) is 3.87. The molecule has 1 aromatic heterocycles. The van der Waals surface area contributed by atoms with E-state index >= 15 is 0 Å². The van der Waals surface area contributed by atoms with Crippen LogP contribution in [0.15, 0.2) is 30.5 Å². The van der Waals surface area contributed by atoms with Crippen molar-refractivity contribution in [2.24, 2.45) is 0 Å². The molecule has 0 fully saturated rings. The Bertz CT molecular complexity index is 483. The fraction of sp³-hybridized carbons (Fsp3) is 0.250. The summed E-state index contributed by atoms with van der Waals surface area (Å²) < 4.78 is 1.88. The predicted octanol–water partition coefficient (Wildman–Crippen LogP) is 4.44. The number of hydrogen-bond acceptors (Lipinski definition) is 1. The van der Waals surface area contributed by atoms with E-state index in [1.54, 1.807) is 0 Å². The Morgan fingerprint density at radius 3 is 2.25 bits per heavy atom. The second kappa shape index (κ2) is 4.48. The van der Waals surface area contributed by atoms with Crippen molar-refractivity contribution < 1.29 is 0 Å². The first-order valence-corrected chi connectivity index (χ1v) is 5.84. The van der Waals surface area contributed by atoms with Crippen LogP contribution in [-0.2, 0) is 0 Å². The van der Waals surface area contributed by atoms with Crippen molar-refractivity contribution in [2.45, 2.75) is 19.9 Å². The van der Waals surface area contributed by atoms with Crippen LogP contribution in [0.3, 0.4) is 0 Å². The first-order chi connectivity index (χ1) is 7.59. The summed E-state index contributed by atoms with van der Waals surface area (Å²) in [5, 5.41) is 5.70. The molecule has 2 rings (SSSR count). The standard InChI is InChI=1S/C12H12Cl2N2/c1-8(2)16-7-6-11(15-16)12-9(13)4-3-5-10(12)14/h3-8H,1-2H3. The van der Waals surface area contributed by atoms with Gasteiger partial charge in [-0.25, -0.2) is 0 Å². The maximum absolute atomic E-state index is 6.12. The third kappa shape index (κ3) is 2.08. The fourth-order valence-corrected chi connectivity index (χ4v) is 2.09. The third-order valence-electron chi connectivity index (χ3n) is 2.36. The average Bonchev–Trinajstić information content (AvgIpc) is 2.66. The topological polar surface area (TPSA) is 17.8 Å². The Hall–Kier alpha value is -0.990. The van der Waals surface area contributed by atoms with E-state index in [1.165, 1.54) is 0 Å². The van der Waals surface area contributed by atoms with E-state index in [2.05, 4.69) is 18.9 Å². The van der Waals surface area contributed by atoms with Gasteiger partial charge in [-0.3, -0.25) is 4.68 Å². The molecule has 2 nitrogen and oxygen atoms in total. The van der Waals surface area contributed by atoms with E-state index in [1.807, 2.05) is 35.1 Å². The van der Waals surface area contributed by atoms with Crippen molar-refractivity contribution in [3.8, 4) is 11.3 Å². The van der Waals surface area contributed by atoms with E-state index in [-0.39, 0.29) is 0 Å². The van der Waals surface area contributed by atoms with Gasteiger partial charge in [-0.15, -0.1) is 0 Å². The summed E-state index contributed by atoms with van der Waals surface area (Å²) in [5.74, 6) is 0. The highest BCUT2D eigenvalue weighted by Crippen LogP contribution is 2.33. The van der Waals surface area contributed by atoms with Gasteiger partial charge in [0.25, 0.3) is 0 Å². The molecule has 0 amide bonds. The van der Waals surface area contributed by atoms with E-state index in [0.29, 0.717) is 16.1 Å². The van der Waals surface area contributed by atoms with Crippen molar-refractivity contribution in [2.75, 3.05) is 0 Å². The number of hydrogen-bond donors (Lipinski definition) is 0. The van der Waals surface area contributed by atoms with Crippen molar-refractivity contribution in [3.63, 3.8) is 0 Å². The molecule has 0 spiro atoms. The van der Waals surface area contributed by atoms with Gasteiger partial charge < -0.3 is 0 Å². The lowest BCUT2D eigenvalue weighted by Crippen LogP contribution is -2.00. The molecule has 1 aromatic carbocycles. The van der Waals surface area contributed by atoms with Gasteiger partial charge in [0.15, 0.2) is 0 Å². The molecular weight excluding hydrogens is 243 g/mol. The Kier molecular flexibility index (Phi) is 3.22. The van der Waals surface area contributed by atoms with Crippen molar-refractivity contribution in [1.29, 1.82) is 0 Å². The SMILES string of the molecule is CC(C)n1ccc(-c2c(Cl)cccc2Cl)n1. The summed E-state index contributed by atoms with van der Waals surface area (Å²) >= 11 is 12.2. The smallest absolute Gasteiger partial charge is 0.0953 e. The molecule has 0 aliphatic rings. The number of halogens is 2. The van der Waals surface area contributed by atoms with Crippen LogP contribution in [0.2, 0.25) is 10.0 Å². The molecule has 1 heterocycles. The molecule has 2 aromatic rings. The number of aromatic nitrogens is 2. The van der Waals surface area contributed by atoms with Gasteiger partial charge in [-0.05, 0) is 32.0 Å². The van der Waals surface area contributed by atoms with E-state index in [9.17, 15) is 0 Å².